The van der Waals surface area contributed by atoms with Crippen LogP contribution >= 0.6 is 0 Å². The number of hydrogen-bond donors (Lipinski definition) is 1. The van der Waals surface area contributed by atoms with E-state index < -0.39 is 0 Å². The minimum atomic E-state index is -0.376. The largest absolute Gasteiger partial charge is 0.442 e. The summed E-state index contributed by atoms with van der Waals surface area (Å²) in [6.07, 6.45) is 1.46. The molecule has 0 unspecified atom stereocenters. The van der Waals surface area contributed by atoms with Crippen molar-refractivity contribution in [2.24, 2.45) is 5.92 Å². The molecule has 0 saturated carbocycles. The van der Waals surface area contributed by atoms with E-state index in [2.05, 4.69) is 10.3 Å². The summed E-state index contributed by atoms with van der Waals surface area (Å²) >= 11 is 0. The molecule has 24 heavy (non-hydrogen) atoms. The van der Waals surface area contributed by atoms with Crippen LogP contribution in [0.15, 0.2) is 45.9 Å². The molecule has 2 heterocycles. The van der Waals surface area contributed by atoms with Crippen molar-refractivity contribution >= 4 is 22.7 Å². The number of furan rings is 1. The van der Waals surface area contributed by atoms with Gasteiger partial charge in [0, 0.05) is 12.2 Å². The lowest BCUT2D eigenvalue weighted by Crippen LogP contribution is -2.24. The minimum absolute atomic E-state index is 0.190. The maximum absolute atomic E-state index is 12.7. The highest BCUT2D eigenvalue weighted by molar-refractivity contribution is 6.12. The molecule has 0 bridgehead atoms. The van der Waals surface area contributed by atoms with E-state index in [9.17, 15) is 9.59 Å². The van der Waals surface area contributed by atoms with E-state index in [-0.39, 0.29) is 34.0 Å². The third-order valence-corrected chi connectivity index (χ3v) is 3.68. The Morgan fingerprint density at radius 2 is 2.00 bits per heavy atom. The second-order valence-corrected chi connectivity index (χ2v) is 6.13. The second kappa shape index (κ2) is 6.31. The summed E-state index contributed by atoms with van der Waals surface area (Å²) in [7, 11) is 0. The predicted octanol–water partition coefficient (Wildman–Crippen LogP) is 3.21. The molecule has 2 aromatic heterocycles. The van der Waals surface area contributed by atoms with E-state index in [1.165, 1.54) is 10.9 Å². The quantitative estimate of drug-likeness (QED) is 0.799. The predicted molar refractivity (Wildman–Crippen MR) is 92.2 cm³/mol. The molecule has 124 valence electrons. The third kappa shape index (κ3) is 2.95. The van der Waals surface area contributed by atoms with Gasteiger partial charge in [0.05, 0.1) is 5.56 Å². The number of nitrogens with zero attached hydrogens (tertiary/aromatic N) is 2. The van der Waals surface area contributed by atoms with Gasteiger partial charge in [-0.25, -0.2) is 4.98 Å². The summed E-state index contributed by atoms with van der Waals surface area (Å²) in [5.74, 6) is 0.292. The van der Waals surface area contributed by atoms with Crippen LogP contribution in [0.4, 0.5) is 5.69 Å². The van der Waals surface area contributed by atoms with E-state index in [1.54, 1.807) is 19.1 Å². The van der Waals surface area contributed by atoms with Crippen LogP contribution < -0.4 is 10.9 Å². The fourth-order valence-corrected chi connectivity index (χ4v) is 2.65. The van der Waals surface area contributed by atoms with E-state index in [0.717, 1.165) is 0 Å². The first-order chi connectivity index (χ1) is 11.5. The van der Waals surface area contributed by atoms with E-state index in [1.807, 2.05) is 32.0 Å². The molecule has 0 spiro atoms. The van der Waals surface area contributed by atoms with Crippen LogP contribution in [0.1, 0.15) is 30.0 Å². The highest BCUT2D eigenvalue weighted by Crippen LogP contribution is 2.22. The topological polar surface area (TPSA) is 77.1 Å². The molecule has 0 radical (unpaired) electrons. The van der Waals surface area contributed by atoms with E-state index >= 15 is 0 Å². The molecule has 0 saturated heterocycles. The molecule has 0 aliphatic heterocycles. The summed E-state index contributed by atoms with van der Waals surface area (Å²) < 4.78 is 7.03. The molecule has 6 heteroatoms. The summed E-state index contributed by atoms with van der Waals surface area (Å²) in [5.41, 5.74) is 0.826. The smallest absolute Gasteiger partial charge is 0.265 e. The number of amides is 1. The highest BCUT2D eigenvalue weighted by Gasteiger charge is 2.23. The van der Waals surface area contributed by atoms with Gasteiger partial charge in [0.15, 0.2) is 0 Å². The van der Waals surface area contributed by atoms with Crippen LogP contribution in [-0.2, 0) is 6.54 Å². The Balaban J connectivity index is 2.08. The number of carbonyl (C=O) groups is 1. The average Bonchev–Trinajstić information content (AvgIpc) is 2.88. The van der Waals surface area contributed by atoms with Crippen molar-refractivity contribution in [1.82, 2.24) is 9.55 Å². The van der Waals surface area contributed by atoms with Gasteiger partial charge in [0.1, 0.15) is 17.5 Å². The molecule has 0 aliphatic rings. The number of rotatable bonds is 4. The van der Waals surface area contributed by atoms with Gasteiger partial charge >= 0.3 is 0 Å². The zero-order valence-corrected chi connectivity index (χ0v) is 13.9. The maximum Gasteiger partial charge on any atom is 0.265 e. The van der Waals surface area contributed by atoms with Crippen LogP contribution in [0.5, 0.6) is 0 Å². The summed E-state index contributed by atoms with van der Waals surface area (Å²) in [6.45, 7) is 6.22. The van der Waals surface area contributed by atoms with Crippen LogP contribution in [0.2, 0.25) is 0 Å². The van der Waals surface area contributed by atoms with Crippen molar-refractivity contribution in [3.05, 3.63) is 58.3 Å². The fourth-order valence-electron chi connectivity index (χ4n) is 2.65. The second-order valence-electron chi connectivity index (χ2n) is 6.13. The zero-order valence-electron chi connectivity index (χ0n) is 13.9. The Kier molecular flexibility index (Phi) is 4.20. The van der Waals surface area contributed by atoms with Gasteiger partial charge in [-0.1, -0.05) is 32.0 Å². The standard InChI is InChI=1S/C18H19N3O3/c1-11(2)9-21-10-19-17-15(18(21)23)14(12(3)24-17)16(22)20-13-7-5-4-6-8-13/h4-8,10-11H,9H2,1-3H3,(H,20,22). The van der Waals surface area contributed by atoms with Gasteiger partial charge in [-0.2, -0.15) is 0 Å². The van der Waals surface area contributed by atoms with Crippen LogP contribution in [0.25, 0.3) is 11.1 Å². The molecule has 0 aliphatic carbocycles. The van der Waals surface area contributed by atoms with Crippen molar-refractivity contribution in [2.75, 3.05) is 5.32 Å². The number of carbonyl (C=O) groups excluding carboxylic acids is 1. The highest BCUT2D eigenvalue weighted by atomic mass is 16.3. The van der Waals surface area contributed by atoms with Gasteiger partial charge < -0.3 is 9.73 Å². The van der Waals surface area contributed by atoms with Crippen molar-refractivity contribution in [1.29, 1.82) is 0 Å². The molecule has 1 amide bonds. The van der Waals surface area contributed by atoms with Crippen molar-refractivity contribution in [2.45, 2.75) is 27.3 Å². The molecule has 6 nitrogen and oxygen atoms in total. The third-order valence-electron chi connectivity index (χ3n) is 3.68. The fraction of sp³-hybridized carbons (Fsp3) is 0.278. The number of aromatic nitrogens is 2. The molecular formula is C18H19N3O3. The molecule has 1 aromatic carbocycles. The first kappa shape index (κ1) is 16.0. The Morgan fingerprint density at radius 3 is 2.67 bits per heavy atom. The summed E-state index contributed by atoms with van der Waals surface area (Å²) in [6, 6.07) is 9.08. The van der Waals surface area contributed by atoms with Crippen LogP contribution in [0.3, 0.4) is 0 Å². The monoisotopic (exact) mass is 325 g/mol. The normalized spacial score (nSPS) is 11.2. The van der Waals surface area contributed by atoms with Gasteiger partial charge in [0.25, 0.3) is 11.5 Å². The number of aryl methyl sites for hydroxylation is 1. The van der Waals surface area contributed by atoms with Crippen LogP contribution in [-0.4, -0.2) is 15.5 Å². The Hall–Kier alpha value is -2.89. The molecule has 0 fully saturated rings. The first-order valence-electron chi connectivity index (χ1n) is 7.82. The maximum atomic E-state index is 12.7. The van der Waals surface area contributed by atoms with E-state index in [4.69, 9.17) is 4.42 Å². The van der Waals surface area contributed by atoms with Crippen molar-refractivity contribution < 1.29 is 9.21 Å². The minimum Gasteiger partial charge on any atom is -0.442 e. The lowest BCUT2D eigenvalue weighted by molar-refractivity contribution is 0.102. The van der Waals surface area contributed by atoms with E-state index in [0.29, 0.717) is 18.0 Å². The summed E-state index contributed by atoms with van der Waals surface area (Å²) in [4.78, 5) is 29.6. The molecule has 1 N–H and O–H groups in total. The number of para-hydroxylation sites is 1. The lowest BCUT2D eigenvalue weighted by Gasteiger charge is -2.08. The van der Waals surface area contributed by atoms with Crippen molar-refractivity contribution in [3.8, 4) is 0 Å². The summed E-state index contributed by atoms with van der Waals surface area (Å²) in [5, 5.41) is 3.02. The van der Waals surface area contributed by atoms with Crippen molar-refractivity contribution in [3.63, 3.8) is 0 Å². The number of hydrogen-bond acceptors (Lipinski definition) is 4. The number of fused-ring (bicyclic) bond motifs is 1. The van der Waals surface area contributed by atoms with Gasteiger partial charge in [-0.15, -0.1) is 0 Å². The molecular weight excluding hydrogens is 306 g/mol. The number of benzene rings is 1. The van der Waals surface area contributed by atoms with Gasteiger partial charge in [-0.3, -0.25) is 14.2 Å². The van der Waals surface area contributed by atoms with Gasteiger partial charge in [-0.05, 0) is 25.0 Å². The number of anilines is 1. The molecule has 0 atom stereocenters. The molecule has 3 rings (SSSR count). The van der Waals surface area contributed by atoms with Crippen LogP contribution in [0, 0.1) is 12.8 Å². The Morgan fingerprint density at radius 1 is 1.29 bits per heavy atom. The SMILES string of the molecule is Cc1oc2ncn(CC(C)C)c(=O)c2c1C(=O)Nc1ccccc1. The Labute approximate surface area is 139 Å². The Bertz CT molecular complexity index is 939. The zero-order chi connectivity index (χ0) is 17.3. The number of nitrogens with one attached hydrogen (secondary N) is 1. The molecule has 3 aromatic rings. The van der Waals surface area contributed by atoms with Gasteiger partial charge in [0.2, 0.25) is 5.71 Å². The average molecular weight is 325 g/mol. The lowest BCUT2D eigenvalue weighted by atomic mass is 10.1. The first-order valence-corrected chi connectivity index (χ1v) is 7.82.